The van der Waals surface area contributed by atoms with Crippen LogP contribution < -0.4 is 5.56 Å². The molecule has 0 saturated carbocycles. The summed E-state index contributed by atoms with van der Waals surface area (Å²) in [5.74, 6) is 1.44. The minimum absolute atomic E-state index is 0.0539. The maximum Gasteiger partial charge on any atom is 0.269 e. The fourth-order valence-corrected chi connectivity index (χ4v) is 6.03. The van der Waals surface area contributed by atoms with Crippen LogP contribution in [0.25, 0.3) is 5.70 Å². The average Bonchev–Trinajstić information content (AvgIpc) is 3.01. The van der Waals surface area contributed by atoms with Crippen LogP contribution in [0.1, 0.15) is 110 Å². The number of amidine groups is 1. The Balaban J connectivity index is 0.000000298. The lowest BCUT2D eigenvalue weighted by Crippen LogP contribution is -2.49. The second kappa shape index (κ2) is 18.1. The number of fused-ring (bicyclic) bond motifs is 1. The summed E-state index contributed by atoms with van der Waals surface area (Å²) in [5, 5.41) is 0. The zero-order chi connectivity index (χ0) is 32.1. The average molecular weight is 597 g/mol. The number of piperidine rings is 1. The van der Waals surface area contributed by atoms with Crippen molar-refractivity contribution in [3.05, 3.63) is 63.5 Å². The number of likely N-dealkylation sites (tertiary alicyclic amines) is 1. The van der Waals surface area contributed by atoms with Crippen molar-refractivity contribution < 1.29 is 4.39 Å². The first kappa shape index (κ1) is 36.4. The van der Waals surface area contributed by atoms with E-state index in [1.807, 2.05) is 51.7 Å². The van der Waals surface area contributed by atoms with Crippen molar-refractivity contribution in [2.24, 2.45) is 4.99 Å². The van der Waals surface area contributed by atoms with Crippen LogP contribution in [-0.4, -0.2) is 68.8 Å². The molecule has 0 atom stereocenters. The maximum atomic E-state index is 14.1. The Labute approximate surface area is 260 Å². The smallest absolute Gasteiger partial charge is 0.269 e. The molecule has 1 N–H and O–H groups in total. The van der Waals surface area contributed by atoms with Crippen LogP contribution in [0.3, 0.4) is 0 Å². The highest BCUT2D eigenvalue weighted by atomic mass is 19.1. The van der Waals surface area contributed by atoms with Gasteiger partial charge in [-0.15, -0.1) is 0 Å². The number of hydrogen-bond acceptors (Lipinski definition) is 6. The van der Waals surface area contributed by atoms with Gasteiger partial charge in [-0.2, -0.15) is 0 Å². The van der Waals surface area contributed by atoms with Gasteiger partial charge in [-0.3, -0.25) is 14.6 Å². The quantitative estimate of drug-likeness (QED) is 0.303. The molecular formula is C35H57FN6O. The summed E-state index contributed by atoms with van der Waals surface area (Å²) in [6.45, 7) is 27.5. The summed E-state index contributed by atoms with van der Waals surface area (Å²) in [6.07, 6.45) is 6.95. The molecule has 0 aliphatic carbocycles. The van der Waals surface area contributed by atoms with Crippen molar-refractivity contribution >= 4 is 17.4 Å². The van der Waals surface area contributed by atoms with Gasteiger partial charge in [-0.05, 0) is 84.1 Å². The predicted molar refractivity (Wildman–Crippen MR) is 181 cm³/mol. The van der Waals surface area contributed by atoms with Crippen LogP contribution >= 0.6 is 0 Å². The molecule has 1 fully saturated rings. The van der Waals surface area contributed by atoms with Crippen LogP contribution in [0.4, 0.5) is 10.2 Å². The lowest BCUT2D eigenvalue weighted by Gasteiger charge is -2.42. The van der Waals surface area contributed by atoms with Crippen molar-refractivity contribution in [3.63, 3.8) is 0 Å². The van der Waals surface area contributed by atoms with E-state index in [9.17, 15) is 9.18 Å². The van der Waals surface area contributed by atoms with Crippen molar-refractivity contribution in [3.8, 4) is 0 Å². The fourth-order valence-electron chi connectivity index (χ4n) is 6.03. The summed E-state index contributed by atoms with van der Waals surface area (Å²) in [4.78, 5) is 30.2. The summed E-state index contributed by atoms with van der Waals surface area (Å²) in [7, 11) is 0. The Kier molecular flexibility index (Phi) is 15.3. The van der Waals surface area contributed by atoms with E-state index in [-0.39, 0.29) is 11.4 Å². The minimum Gasteiger partial charge on any atom is -0.329 e. The zero-order valence-corrected chi connectivity index (χ0v) is 28.4. The molecule has 0 spiro atoms. The third kappa shape index (κ3) is 9.57. The van der Waals surface area contributed by atoms with E-state index in [0.29, 0.717) is 23.2 Å². The highest BCUT2D eigenvalue weighted by molar-refractivity contribution is 5.96. The summed E-state index contributed by atoms with van der Waals surface area (Å²) >= 11 is 0. The van der Waals surface area contributed by atoms with Gasteiger partial charge in [0, 0.05) is 37.2 Å². The predicted octanol–water partition coefficient (Wildman–Crippen LogP) is 7.85. The van der Waals surface area contributed by atoms with Gasteiger partial charge in [0.2, 0.25) is 0 Å². The molecule has 0 bridgehead atoms. The maximum absolute atomic E-state index is 14.1. The third-order valence-electron chi connectivity index (χ3n) is 8.38. The van der Waals surface area contributed by atoms with Crippen molar-refractivity contribution in [2.75, 3.05) is 26.2 Å². The molecule has 1 aromatic carbocycles. The molecule has 0 radical (unpaired) electrons. The Morgan fingerprint density at radius 1 is 1.09 bits per heavy atom. The standard InChI is InChI=1S/C21H35FN2.C12H16N4O.C2H6/c1-5-12-24(19(6-2)7-3)20-10-13-23(14-11-20)16-18-9-8-17(4)15-21(18)22;1-5-9-14-11-10(8(4)16(9)6-2)15-12(17)7(3)13-11;1-2/h8-9,15,19-20H,5-7,10-14,16H2,1-4H3;4-6H2,1-3H3,(H,15,17);1-2H3. The van der Waals surface area contributed by atoms with Crippen molar-refractivity contribution in [2.45, 2.75) is 119 Å². The number of nitrogens with zero attached hydrogens (tertiary/aromatic N) is 5. The van der Waals surface area contributed by atoms with Gasteiger partial charge in [0.1, 0.15) is 23.0 Å². The highest BCUT2D eigenvalue weighted by Crippen LogP contribution is 2.29. The van der Waals surface area contributed by atoms with Crippen LogP contribution in [0.5, 0.6) is 0 Å². The number of benzene rings is 1. The lowest BCUT2D eigenvalue weighted by atomic mass is 9.98. The van der Waals surface area contributed by atoms with Gasteiger partial charge in [-0.1, -0.05) is 60.3 Å². The van der Waals surface area contributed by atoms with Crippen molar-refractivity contribution in [1.29, 1.82) is 0 Å². The van der Waals surface area contributed by atoms with E-state index in [0.717, 1.165) is 61.3 Å². The molecule has 0 unspecified atom stereocenters. The Hall–Kier alpha value is -2.84. The molecule has 4 rings (SSSR count). The normalized spacial score (nSPS) is 15.5. The molecule has 1 saturated heterocycles. The summed E-state index contributed by atoms with van der Waals surface area (Å²) in [6, 6.07) is 7.04. The van der Waals surface area contributed by atoms with E-state index in [2.05, 4.69) is 52.1 Å². The number of aromatic nitrogens is 2. The molecule has 240 valence electrons. The number of hydrogen-bond donors (Lipinski definition) is 1. The molecule has 0 amide bonds. The van der Waals surface area contributed by atoms with E-state index in [1.165, 1.54) is 38.6 Å². The zero-order valence-electron chi connectivity index (χ0n) is 28.4. The number of aliphatic imine (C=N–C) groups is 1. The van der Waals surface area contributed by atoms with Gasteiger partial charge >= 0.3 is 0 Å². The van der Waals surface area contributed by atoms with Crippen LogP contribution in [0, 0.1) is 19.7 Å². The molecule has 2 aliphatic rings. The second-order valence-electron chi connectivity index (χ2n) is 11.2. The lowest BCUT2D eigenvalue weighted by molar-refractivity contribution is 0.0666. The van der Waals surface area contributed by atoms with E-state index in [4.69, 9.17) is 0 Å². The summed E-state index contributed by atoms with van der Waals surface area (Å²) < 4.78 is 14.1. The second-order valence-corrected chi connectivity index (χ2v) is 11.2. The fraction of sp³-hybridized carbons (Fsp3) is 0.629. The van der Waals surface area contributed by atoms with Gasteiger partial charge < -0.3 is 9.88 Å². The molecule has 2 aliphatic heterocycles. The number of halogens is 1. The SMILES string of the molecule is C=C1c2[nH]c(=O)c(C)nc2N=C(CC)N1CC.CC.CCCN(C(CC)CC)C1CCN(Cc2ccc(C)cc2F)CC1. The van der Waals surface area contributed by atoms with Crippen LogP contribution in [-0.2, 0) is 6.54 Å². The number of H-pyrrole nitrogens is 1. The largest absolute Gasteiger partial charge is 0.329 e. The number of aromatic amines is 1. The van der Waals surface area contributed by atoms with Gasteiger partial charge in [0.15, 0.2) is 5.82 Å². The molecule has 43 heavy (non-hydrogen) atoms. The molecule has 2 aromatic rings. The number of nitrogens with one attached hydrogen (secondary N) is 1. The van der Waals surface area contributed by atoms with Gasteiger partial charge in [0.25, 0.3) is 5.56 Å². The highest BCUT2D eigenvalue weighted by Gasteiger charge is 2.28. The minimum atomic E-state index is -0.184. The topological polar surface area (TPSA) is 67.8 Å². The van der Waals surface area contributed by atoms with Crippen molar-refractivity contribution in [1.82, 2.24) is 24.7 Å². The molecule has 8 heteroatoms. The van der Waals surface area contributed by atoms with E-state index in [1.54, 1.807) is 13.0 Å². The molecule has 1 aromatic heterocycles. The van der Waals surface area contributed by atoms with Crippen LogP contribution in [0.2, 0.25) is 0 Å². The van der Waals surface area contributed by atoms with Gasteiger partial charge in [0.05, 0.1) is 5.70 Å². The Morgan fingerprint density at radius 3 is 2.28 bits per heavy atom. The van der Waals surface area contributed by atoms with E-state index < -0.39 is 0 Å². The Bertz CT molecular complexity index is 1240. The number of rotatable bonds is 10. The molecular weight excluding hydrogens is 539 g/mol. The first-order valence-electron chi connectivity index (χ1n) is 16.5. The molecule has 3 heterocycles. The molecule has 7 nitrogen and oxygen atoms in total. The third-order valence-corrected chi connectivity index (χ3v) is 8.38. The van der Waals surface area contributed by atoms with E-state index >= 15 is 0 Å². The van der Waals surface area contributed by atoms with Crippen LogP contribution in [0.15, 0.2) is 34.6 Å². The first-order valence-corrected chi connectivity index (χ1v) is 16.5. The summed E-state index contributed by atoms with van der Waals surface area (Å²) in [5.41, 5.74) is 3.47. The number of aryl methyl sites for hydroxylation is 2. The monoisotopic (exact) mass is 596 g/mol. The van der Waals surface area contributed by atoms with Gasteiger partial charge in [-0.25, -0.2) is 14.4 Å². The first-order chi connectivity index (χ1) is 20.7. The Morgan fingerprint density at radius 2 is 1.74 bits per heavy atom.